The number of carbonyl (C=O) groups is 8. The molecule has 7 aliphatic rings. The Hall–Kier alpha value is -10.1. The smallest absolute Gasteiger partial charge is 0.411 e. The minimum Gasteiger partial charge on any atom is -0.444 e. The molecular weight excluding hydrogens is 1320 g/mol. The van der Waals surface area contributed by atoms with Gasteiger partial charge < -0.3 is 77.6 Å². The zero-order chi connectivity index (χ0) is 75.1. The normalized spacial score (nSPS) is 21.8. The predicted molar refractivity (Wildman–Crippen MR) is 396 cm³/mol. The summed E-state index contributed by atoms with van der Waals surface area (Å²) in [6.45, 7) is 26.6. The molecule has 30 nitrogen and oxygen atoms in total. The van der Waals surface area contributed by atoms with Crippen LogP contribution in [0.15, 0.2) is 91.6 Å². The lowest BCUT2D eigenvalue weighted by Gasteiger charge is -2.44. The number of nitrogen functional groups attached to an aromatic ring is 5. The van der Waals surface area contributed by atoms with Crippen molar-refractivity contribution in [3.05, 3.63) is 91.6 Å². The zero-order valence-corrected chi connectivity index (χ0v) is 61.5. The lowest BCUT2D eigenvalue weighted by atomic mass is 9.85. The number of aromatic nitrogens is 5. The van der Waals surface area contributed by atoms with Gasteiger partial charge in [-0.3, -0.25) is 33.8 Å². The van der Waals surface area contributed by atoms with Crippen molar-refractivity contribution < 1.29 is 52.6 Å². The van der Waals surface area contributed by atoms with Crippen LogP contribution in [0.5, 0.6) is 0 Å². The average molecular weight is 1420 g/mol. The standard InChI is InChI=1S/C18H26N4O3.C16H24N4O3.C15H22N4O3.C12H16N4O.C12H17N3O/c1-17(2,3)25-16(24)22-11-5-9-18(22)8-4-10-21(15(18)23)13-6-7-14(19)20-12-13;1-11-10-19(15(22)23-16(2,3)4)7-8-20(14(11)21)12-5-6-13(17)18-9-12;1-15(2,3)22-14(21)18-10-6-7-19(13(20)8-10)11-4-5-12(16)17-9-11;13-11-4-3-9(8-14-11)16-7-6-15-5-1-2-10(15)12(16)17;1-9-4-2-3-7-15(12(9)16)10-5-6-11(13)14-8-10/h6-7,12H,4-5,8-11H2,1-3H3,(H2,19,20);5-6,9,11H,7-8,10H2,1-4H3,(H2,17,18);4-5,9-10H,6-8H2,1-3H3,(H2,16,17)(H,18,21);3-4,8,10H,1-2,5-7H2,(H2,13,14);5-6,8-9H,2-4,7H2,1H3,(H2,13,14). The van der Waals surface area contributed by atoms with Crippen LogP contribution in [0.1, 0.15) is 147 Å². The number of fused-ring (bicyclic) bond motifs is 1. The summed E-state index contributed by atoms with van der Waals surface area (Å²) in [7, 11) is 0. The molecule has 12 rings (SSSR count). The fourth-order valence-electron chi connectivity index (χ4n) is 13.1. The molecule has 7 aliphatic heterocycles. The molecule has 0 aliphatic carbocycles. The van der Waals surface area contributed by atoms with Crippen LogP contribution in [0.2, 0.25) is 0 Å². The maximum atomic E-state index is 13.3. The molecule has 7 saturated heterocycles. The van der Waals surface area contributed by atoms with Gasteiger partial charge in [-0.1, -0.05) is 20.3 Å². The molecule has 5 aromatic heterocycles. The molecule has 5 unspecified atom stereocenters. The Morgan fingerprint density at radius 3 is 1.37 bits per heavy atom. The van der Waals surface area contributed by atoms with Crippen LogP contribution in [0.4, 0.5) is 71.9 Å². The van der Waals surface area contributed by atoms with E-state index in [9.17, 15) is 38.4 Å². The Balaban J connectivity index is 0.000000165. The summed E-state index contributed by atoms with van der Waals surface area (Å²) < 4.78 is 16.1. The minimum atomic E-state index is -0.804. The van der Waals surface area contributed by atoms with Crippen LogP contribution in [-0.2, 0) is 38.2 Å². The number of pyridine rings is 5. The van der Waals surface area contributed by atoms with Gasteiger partial charge in [0.1, 0.15) is 51.4 Å². The molecule has 558 valence electrons. The predicted octanol–water partition coefficient (Wildman–Crippen LogP) is 8.42. The molecule has 12 heterocycles. The third kappa shape index (κ3) is 21.7. The number of carbonyl (C=O) groups excluding carboxylic acids is 8. The summed E-state index contributed by atoms with van der Waals surface area (Å²) in [5, 5.41) is 2.74. The van der Waals surface area contributed by atoms with Crippen LogP contribution in [-0.4, -0.2) is 187 Å². The van der Waals surface area contributed by atoms with E-state index in [-0.39, 0.29) is 59.9 Å². The van der Waals surface area contributed by atoms with Crippen molar-refractivity contribution >= 4 is 105 Å². The second-order valence-electron chi connectivity index (χ2n) is 29.8. The van der Waals surface area contributed by atoms with Crippen molar-refractivity contribution in [1.82, 2.24) is 44.9 Å². The maximum Gasteiger partial charge on any atom is 0.411 e. The molecule has 1 spiro atoms. The molecule has 8 amide bonds. The van der Waals surface area contributed by atoms with E-state index >= 15 is 0 Å². The molecule has 7 fully saturated rings. The lowest BCUT2D eigenvalue weighted by Crippen LogP contribution is -2.62. The topological polar surface area (TPSA) is 397 Å². The highest BCUT2D eigenvalue weighted by molar-refractivity contribution is 6.03. The monoisotopic (exact) mass is 1420 g/mol. The molecule has 0 radical (unpaired) electrons. The molecular formula is C73H105N19O11. The van der Waals surface area contributed by atoms with Crippen molar-refractivity contribution in [2.75, 3.05) is 119 Å². The van der Waals surface area contributed by atoms with Gasteiger partial charge >= 0.3 is 18.3 Å². The number of nitrogens with two attached hydrogens (primary N) is 5. The summed E-state index contributed by atoms with van der Waals surface area (Å²) >= 11 is 0. The largest absolute Gasteiger partial charge is 0.444 e. The second kappa shape index (κ2) is 34.2. The van der Waals surface area contributed by atoms with Crippen molar-refractivity contribution in [1.29, 1.82) is 0 Å². The van der Waals surface area contributed by atoms with Crippen molar-refractivity contribution in [3.8, 4) is 0 Å². The minimum absolute atomic E-state index is 0.0392. The fraction of sp³-hybridized carbons (Fsp3) is 0.548. The van der Waals surface area contributed by atoms with Gasteiger partial charge in [-0.05, 0) is 187 Å². The Labute approximate surface area is 603 Å². The number of anilines is 10. The second-order valence-corrected chi connectivity index (χ2v) is 29.8. The highest BCUT2D eigenvalue weighted by atomic mass is 16.6. The summed E-state index contributed by atoms with van der Waals surface area (Å²) in [4.78, 5) is 134. The number of piperazine rings is 1. The zero-order valence-electron chi connectivity index (χ0n) is 61.5. The molecule has 11 N–H and O–H groups in total. The average Bonchev–Trinajstić information content (AvgIpc) is 1.62. The van der Waals surface area contributed by atoms with Gasteiger partial charge in [-0.2, -0.15) is 0 Å². The van der Waals surface area contributed by atoms with E-state index in [4.69, 9.17) is 42.9 Å². The van der Waals surface area contributed by atoms with Gasteiger partial charge in [0.05, 0.1) is 71.4 Å². The van der Waals surface area contributed by atoms with E-state index in [2.05, 4.69) is 35.1 Å². The van der Waals surface area contributed by atoms with Gasteiger partial charge in [0.15, 0.2) is 0 Å². The quantitative estimate of drug-likeness (QED) is 0.0868. The van der Waals surface area contributed by atoms with E-state index in [1.165, 1.54) is 0 Å². The third-order valence-corrected chi connectivity index (χ3v) is 18.2. The molecule has 103 heavy (non-hydrogen) atoms. The molecule has 5 atom stereocenters. The summed E-state index contributed by atoms with van der Waals surface area (Å²) in [5.41, 5.74) is 29.2. The number of hydrogen-bond acceptors (Lipinski definition) is 22. The molecule has 5 aromatic rings. The first-order valence-corrected chi connectivity index (χ1v) is 35.4. The number of nitrogens with zero attached hydrogens (tertiary/aromatic N) is 13. The summed E-state index contributed by atoms with van der Waals surface area (Å²) in [6, 6.07) is 17.4. The third-order valence-electron chi connectivity index (χ3n) is 18.2. The van der Waals surface area contributed by atoms with Crippen LogP contribution in [0, 0.1) is 11.8 Å². The Bertz CT molecular complexity index is 3720. The lowest BCUT2D eigenvalue weighted by molar-refractivity contribution is -0.131. The van der Waals surface area contributed by atoms with E-state index in [0.717, 1.165) is 88.2 Å². The summed E-state index contributed by atoms with van der Waals surface area (Å²) in [6.07, 6.45) is 16.0. The Kier molecular flexibility index (Phi) is 26.1. The number of alkyl carbamates (subject to hydrolysis) is 1. The van der Waals surface area contributed by atoms with Crippen LogP contribution in [0.25, 0.3) is 0 Å². The van der Waals surface area contributed by atoms with Gasteiger partial charge in [-0.15, -0.1) is 0 Å². The number of likely N-dealkylation sites (tertiary alicyclic amines) is 1. The van der Waals surface area contributed by atoms with Crippen LogP contribution >= 0.6 is 0 Å². The number of amides is 8. The van der Waals surface area contributed by atoms with Gasteiger partial charge in [-0.25, -0.2) is 39.3 Å². The first-order chi connectivity index (χ1) is 48.6. The van der Waals surface area contributed by atoms with E-state index in [1.807, 2.05) is 77.3 Å². The van der Waals surface area contributed by atoms with E-state index in [1.54, 1.807) is 125 Å². The Morgan fingerprint density at radius 1 is 0.447 bits per heavy atom. The van der Waals surface area contributed by atoms with Crippen LogP contribution in [0.3, 0.4) is 0 Å². The number of piperidine rings is 2. The highest BCUT2D eigenvalue weighted by Gasteiger charge is 2.54. The van der Waals surface area contributed by atoms with Crippen molar-refractivity contribution in [2.24, 2.45) is 11.8 Å². The van der Waals surface area contributed by atoms with Crippen LogP contribution < -0.4 is 58.5 Å². The molecule has 0 bridgehead atoms. The van der Waals surface area contributed by atoms with Crippen molar-refractivity contribution in [3.63, 3.8) is 0 Å². The maximum absolute atomic E-state index is 13.3. The van der Waals surface area contributed by atoms with Gasteiger partial charge in [0, 0.05) is 77.3 Å². The number of rotatable bonds is 6. The SMILES string of the molecule is CC(C)(C)OC(=O)N1CCCC12CCCN(c1ccc(N)nc1)C2=O.CC(C)(C)OC(=O)NC1CCN(c2ccc(N)nc2)C(=O)C1.CC1CCCCN(c2ccc(N)nc2)C1=O.CC1CN(C(=O)OC(C)(C)C)CCN(c2ccc(N)nc2)C1=O.Nc1ccc(N2CCN3CCCC3C2=O)cn1. The van der Waals surface area contributed by atoms with E-state index < -0.39 is 40.6 Å². The van der Waals surface area contributed by atoms with Gasteiger partial charge in [0.2, 0.25) is 23.6 Å². The molecule has 0 aromatic carbocycles. The molecule has 30 heteroatoms. The number of ether oxygens (including phenoxy) is 3. The van der Waals surface area contributed by atoms with Crippen molar-refractivity contribution in [2.45, 2.75) is 181 Å². The first kappa shape index (κ1) is 78.6. The van der Waals surface area contributed by atoms with Gasteiger partial charge in [0.25, 0.3) is 5.91 Å². The highest BCUT2D eigenvalue weighted by Crippen LogP contribution is 2.41. The first-order valence-electron chi connectivity index (χ1n) is 35.4. The summed E-state index contributed by atoms with van der Waals surface area (Å²) in [5.74, 6) is 2.26. The number of hydrogen-bond donors (Lipinski definition) is 6. The molecule has 0 saturated carbocycles. The number of nitrogens with one attached hydrogen (secondary N) is 1. The Morgan fingerprint density at radius 2 is 0.883 bits per heavy atom. The van der Waals surface area contributed by atoms with E-state index in [0.29, 0.717) is 99.0 Å². The fourth-order valence-corrected chi connectivity index (χ4v) is 13.1.